The highest BCUT2D eigenvalue weighted by Gasteiger charge is 2.35. The number of ketones is 1. The van der Waals surface area contributed by atoms with Crippen LogP contribution in [0.5, 0.6) is 5.75 Å². The lowest BCUT2D eigenvalue weighted by atomic mass is 9.75. The Balaban J connectivity index is 1.41. The molecule has 1 aromatic heterocycles. The smallest absolute Gasteiger partial charge is 0.227 e. The van der Waals surface area contributed by atoms with E-state index in [2.05, 4.69) is 41.1 Å². The number of piperazine rings is 1. The van der Waals surface area contributed by atoms with Gasteiger partial charge in [-0.25, -0.2) is 4.98 Å². The molecule has 2 aliphatic rings. The summed E-state index contributed by atoms with van der Waals surface area (Å²) in [5.41, 5.74) is 3.32. The van der Waals surface area contributed by atoms with E-state index in [1.165, 1.54) is 5.69 Å². The van der Waals surface area contributed by atoms with Crippen molar-refractivity contribution in [2.75, 3.05) is 48.4 Å². The Kier molecular flexibility index (Phi) is 6.28. The number of anilines is 4. The average molecular weight is 492 g/mol. The molecule has 1 aliphatic heterocycles. The van der Waals surface area contributed by atoms with E-state index >= 15 is 0 Å². The molecule has 0 unspecified atom stereocenters. The fourth-order valence-electron chi connectivity index (χ4n) is 4.81. The van der Waals surface area contributed by atoms with Crippen LogP contribution in [0.3, 0.4) is 0 Å². The largest absolute Gasteiger partial charge is 0.497 e. The Morgan fingerprint density at radius 3 is 2.23 bits per heavy atom. The van der Waals surface area contributed by atoms with Gasteiger partial charge in [-0.05, 0) is 60.4 Å². The van der Waals surface area contributed by atoms with Gasteiger partial charge >= 0.3 is 0 Å². The Hall–Kier alpha value is -3.32. The molecule has 0 radical (unpaired) electrons. The highest BCUT2D eigenvalue weighted by molar-refractivity contribution is 6.30. The van der Waals surface area contributed by atoms with Gasteiger partial charge in [-0.1, -0.05) is 25.4 Å². The average Bonchev–Trinajstić information content (AvgIpc) is 2.84. The summed E-state index contributed by atoms with van der Waals surface area (Å²) in [6.45, 7) is 7.55. The van der Waals surface area contributed by atoms with Gasteiger partial charge in [0, 0.05) is 49.0 Å². The fraction of sp³-hybridized carbons (Fsp3) is 0.370. The Morgan fingerprint density at radius 1 is 0.914 bits per heavy atom. The predicted octanol–water partition coefficient (Wildman–Crippen LogP) is 5.36. The summed E-state index contributed by atoms with van der Waals surface area (Å²) in [6, 6.07) is 15.6. The number of benzene rings is 2. The van der Waals surface area contributed by atoms with Crippen molar-refractivity contribution in [2.24, 2.45) is 5.41 Å². The van der Waals surface area contributed by atoms with Gasteiger partial charge in [-0.15, -0.1) is 0 Å². The van der Waals surface area contributed by atoms with E-state index in [4.69, 9.17) is 26.3 Å². The molecule has 0 atom stereocenters. The van der Waals surface area contributed by atoms with Crippen LogP contribution in [-0.2, 0) is 6.42 Å². The summed E-state index contributed by atoms with van der Waals surface area (Å²) >= 11 is 6.06. The van der Waals surface area contributed by atoms with Gasteiger partial charge in [0.1, 0.15) is 11.6 Å². The summed E-state index contributed by atoms with van der Waals surface area (Å²) < 4.78 is 5.28. The number of rotatable bonds is 5. The third kappa shape index (κ3) is 5.05. The van der Waals surface area contributed by atoms with Crippen LogP contribution in [0, 0.1) is 5.41 Å². The molecule has 0 amide bonds. The minimum absolute atomic E-state index is 0.0867. The maximum atomic E-state index is 13.1. The van der Waals surface area contributed by atoms with Crippen LogP contribution >= 0.6 is 11.6 Å². The minimum Gasteiger partial charge on any atom is -0.497 e. The molecular weight excluding hydrogens is 462 g/mol. The van der Waals surface area contributed by atoms with Crippen molar-refractivity contribution in [2.45, 2.75) is 26.7 Å². The first kappa shape index (κ1) is 23.4. The standard InChI is InChI=1S/C27H30ClN5O2/c1-27(2)16-22-24(23(34)17-27)25(29-19-6-4-18(28)5-7-19)31-26(30-22)33-14-12-32(13-15-33)20-8-10-21(35-3)11-9-20/h4-11H,12-17H2,1-3H3,(H,29,30,31). The number of aromatic nitrogens is 2. The second kappa shape index (κ2) is 9.38. The summed E-state index contributed by atoms with van der Waals surface area (Å²) in [4.78, 5) is 27.5. The first-order valence-electron chi connectivity index (χ1n) is 11.9. The second-order valence-corrected chi connectivity index (χ2v) is 10.4. The third-order valence-corrected chi connectivity index (χ3v) is 6.90. The van der Waals surface area contributed by atoms with Crippen LogP contribution < -0.4 is 19.9 Å². The van der Waals surface area contributed by atoms with Gasteiger partial charge in [-0.2, -0.15) is 4.98 Å². The molecule has 182 valence electrons. The zero-order valence-electron chi connectivity index (χ0n) is 20.3. The highest BCUT2D eigenvalue weighted by Crippen LogP contribution is 2.38. The molecule has 5 rings (SSSR count). The maximum absolute atomic E-state index is 13.1. The van der Waals surface area contributed by atoms with Gasteiger partial charge in [0.15, 0.2) is 5.78 Å². The molecule has 1 saturated heterocycles. The van der Waals surface area contributed by atoms with Crippen LogP contribution in [0.15, 0.2) is 48.5 Å². The van der Waals surface area contributed by atoms with Crippen LogP contribution in [0.4, 0.5) is 23.1 Å². The zero-order valence-corrected chi connectivity index (χ0v) is 21.1. The lowest BCUT2D eigenvalue weighted by Gasteiger charge is -2.37. The number of Topliss-reactive ketones (excluding diaryl/α,β-unsaturated/α-hetero) is 1. The van der Waals surface area contributed by atoms with Crippen molar-refractivity contribution in [1.82, 2.24) is 9.97 Å². The zero-order chi connectivity index (χ0) is 24.6. The number of hydrogen-bond acceptors (Lipinski definition) is 7. The number of carbonyl (C=O) groups excluding carboxylic acids is 1. The van der Waals surface area contributed by atoms with Crippen LogP contribution in [0.2, 0.25) is 5.02 Å². The number of ether oxygens (including phenoxy) is 1. The highest BCUT2D eigenvalue weighted by atomic mass is 35.5. The molecule has 0 saturated carbocycles. The molecular formula is C27H30ClN5O2. The topological polar surface area (TPSA) is 70.6 Å². The summed E-state index contributed by atoms with van der Waals surface area (Å²) in [5, 5.41) is 4.02. The lowest BCUT2D eigenvalue weighted by molar-refractivity contribution is 0.0911. The first-order valence-corrected chi connectivity index (χ1v) is 12.3. The molecule has 1 N–H and O–H groups in total. The molecule has 1 fully saturated rings. The quantitative estimate of drug-likeness (QED) is 0.514. The van der Waals surface area contributed by atoms with Crippen LogP contribution in [-0.4, -0.2) is 49.0 Å². The van der Waals surface area contributed by atoms with E-state index in [1.807, 2.05) is 36.4 Å². The van der Waals surface area contributed by atoms with Crippen molar-refractivity contribution < 1.29 is 9.53 Å². The molecule has 0 bridgehead atoms. The first-order chi connectivity index (χ1) is 16.8. The van der Waals surface area contributed by atoms with E-state index in [0.29, 0.717) is 28.8 Å². The van der Waals surface area contributed by atoms with Crippen molar-refractivity contribution in [3.63, 3.8) is 0 Å². The van der Waals surface area contributed by atoms with E-state index in [-0.39, 0.29) is 11.2 Å². The van der Waals surface area contributed by atoms with Gasteiger partial charge in [-0.3, -0.25) is 4.79 Å². The molecule has 0 spiro atoms. The van der Waals surface area contributed by atoms with E-state index in [9.17, 15) is 4.79 Å². The number of nitrogens with one attached hydrogen (secondary N) is 1. The van der Waals surface area contributed by atoms with Crippen molar-refractivity contribution >= 4 is 40.5 Å². The fourth-order valence-corrected chi connectivity index (χ4v) is 4.94. The van der Waals surface area contributed by atoms with Gasteiger partial charge in [0.2, 0.25) is 5.95 Å². The SMILES string of the molecule is COc1ccc(N2CCN(c3nc4c(c(Nc5ccc(Cl)cc5)n3)C(=O)CC(C)(C)C4)CC2)cc1. The number of hydrogen-bond donors (Lipinski definition) is 1. The summed E-state index contributed by atoms with van der Waals surface area (Å²) in [5.74, 6) is 2.18. The molecule has 8 heteroatoms. The number of halogens is 1. The molecule has 3 aromatic rings. The Morgan fingerprint density at radius 2 is 1.57 bits per heavy atom. The van der Waals surface area contributed by atoms with Gasteiger partial charge in [0.05, 0.1) is 18.4 Å². The van der Waals surface area contributed by atoms with Crippen molar-refractivity contribution in [3.05, 3.63) is 64.8 Å². The van der Waals surface area contributed by atoms with Gasteiger partial charge in [0.25, 0.3) is 0 Å². The Labute approximate surface area is 211 Å². The van der Waals surface area contributed by atoms with E-state index in [0.717, 1.165) is 49.7 Å². The van der Waals surface area contributed by atoms with E-state index in [1.54, 1.807) is 7.11 Å². The lowest BCUT2D eigenvalue weighted by Crippen LogP contribution is -2.47. The van der Waals surface area contributed by atoms with Crippen molar-refractivity contribution in [1.29, 1.82) is 0 Å². The predicted molar refractivity (Wildman–Crippen MR) is 141 cm³/mol. The molecule has 7 nitrogen and oxygen atoms in total. The number of nitrogens with zero attached hydrogens (tertiary/aromatic N) is 4. The molecule has 2 aromatic carbocycles. The van der Waals surface area contributed by atoms with Crippen molar-refractivity contribution in [3.8, 4) is 5.75 Å². The minimum atomic E-state index is -0.125. The molecule has 2 heterocycles. The van der Waals surface area contributed by atoms with E-state index < -0.39 is 0 Å². The third-order valence-electron chi connectivity index (χ3n) is 6.64. The van der Waals surface area contributed by atoms with Crippen LogP contribution in [0.1, 0.15) is 36.3 Å². The number of fused-ring (bicyclic) bond motifs is 1. The molecule has 35 heavy (non-hydrogen) atoms. The maximum Gasteiger partial charge on any atom is 0.227 e. The monoisotopic (exact) mass is 491 g/mol. The number of methoxy groups -OCH3 is 1. The van der Waals surface area contributed by atoms with Crippen LogP contribution in [0.25, 0.3) is 0 Å². The number of carbonyl (C=O) groups is 1. The Bertz CT molecular complexity index is 1220. The summed E-state index contributed by atoms with van der Waals surface area (Å²) in [6.07, 6.45) is 1.23. The molecule has 1 aliphatic carbocycles. The normalized spacial score (nSPS) is 17.2. The van der Waals surface area contributed by atoms with Gasteiger partial charge < -0.3 is 19.9 Å². The summed E-state index contributed by atoms with van der Waals surface area (Å²) in [7, 11) is 1.68. The second-order valence-electron chi connectivity index (χ2n) is 9.94.